The Morgan fingerprint density at radius 3 is 2.57 bits per heavy atom. The van der Waals surface area contributed by atoms with E-state index in [1.165, 1.54) is 18.2 Å². The van der Waals surface area contributed by atoms with E-state index in [2.05, 4.69) is 39.3 Å². The summed E-state index contributed by atoms with van der Waals surface area (Å²) in [6.07, 6.45) is 5.39. The first-order valence-corrected chi connectivity index (χ1v) is 13.7. The molecule has 2 saturated heterocycles. The van der Waals surface area contributed by atoms with Crippen LogP contribution in [0.25, 0.3) is 0 Å². The second-order valence-electron chi connectivity index (χ2n) is 10.2. The van der Waals surface area contributed by atoms with Crippen LogP contribution in [0, 0.1) is 5.92 Å². The number of benzene rings is 1. The van der Waals surface area contributed by atoms with E-state index in [-0.39, 0.29) is 30.2 Å². The topological polar surface area (TPSA) is 94.1 Å². The van der Waals surface area contributed by atoms with Crippen LogP contribution in [-0.2, 0) is 9.59 Å². The highest BCUT2D eigenvalue weighted by Crippen LogP contribution is 2.29. The van der Waals surface area contributed by atoms with Crippen LogP contribution in [0.3, 0.4) is 0 Å². The van der Waals surface area contributed by atoms with Gasteiger partial charge in [-0.25, -0.2) is 0 Å². The predicted molar refractivity (Wildman–Crippen MR) is 141 cm³/mol. The average Bonchev–Trinajstić information content (AvgIpc) is 3.20. The summed E-state index contributed by atoms with van der Waals surface area (Å²) < 4.78 is 0. The molecule has 2 fully saturated rings. The molecule has 2 N–H and O–H groups in total. The van der Waals surface area contributed by atoms with Crippen molar-refractivity contribution in [1.29, 1.82) is 0 Å². The van der Waals surface area contributed by atoms with Gasteiger partial charge in [-0.05, 0) is 56.2 Å². The third-order valence-corrected chi connectivity index (χ3v) is 7.89. The number of nitrogens with one attached hydrogen (secondary N) is 2. The number of carbonyl (C=O) groups is 3. The number of aliphatic imine (C=N–C) groups is 1. The van der Waals surface area contributed by atoms with Crippen molar-refractivity contribution in [2.45, 2.75) is 63.7 Å². The van der Waals surface area contributed by atoms with Crippen molar-refractivity contribution in [1.82, 2.24) is 15.1 Å². The molecule has 0 aromatic heterocycles. The van der Waals surface area contributed by atoms with E-state index >= 15 is 0 Å². The highest BCUT2D eigenvalue weighted by Gasteiger charge is 2.33. The summed E-state index contributed by atoms with van der Waals surface area (Å²) >= 11 is 1.39. The van der Waals surface area contributed by atoms with Crippen LogP contribution >= 0.6 is 11.8 Å². The van der Waals surface area contributed by atoms with Gasteiger partial charge in [0.25, 0.3) is 11.8 Å². The molecule has 9 heteroatoms. The van der Waals surface area contributed by atoms with Crippen LogP contribution in [0.1, 0.15) is 62.7 Å². The number of nitrogens with zero attached hydrogens (tertiary/aromatic N) is 3. The summed E-state index contributed by atoms with van der Waals surface area (Å²) in [4.78, 5) is 46.6. The third-order valence-electron chi connectivity index (χ3n) is 6.68. The van der Waals surface area contributed by atoms with Crippen molar-refractivity contribution >= 4 is 40.3 Å². The minimum absolute atomic E-state index is 0.0652. The van der Waals surface area contributed by atoms with Crippen molar-refractivity contribution in [3.8, 4) is 0 Å². The van der Waals surface area contributed by atoms with Crippen LogP contribution in [0.5, 0.6) is 0 Å². The number of amidine groups is 1. The van der Waals surface area contributed by atoms with Crippen LogP contribution < -0.4 is 10.6 Å². The van der Waals surface area contributed by atoms with Gasteiger partial charge in [-0.1, -0.05) is 31.7 Å². The van der Waals surface area contributed by atoms with Crippen molar-refractivity contribution in [3.63, 3.8) is 0 Å². The zero-order chi connectivity index (χ0) is 24.8. The molecule has 0 bridgehead atoms. The lowest BCUT2D eigenvalue weighted by molar-refractivity contribution is -0.121. The van der Waals surface area contributed by atoms with Crippen LogP contribution in [0.15, 0.2) is 29.3 Å². The molecule has 4 rings (SSSR count). The zero-order valence-electron chi connectivity index (χ0n) is 20.8. The summed E-state index contributed by atoms with van der Waals surface area (Å²) in [5.41, 5.74) is 1.08. The van der Waals surface area contributed by atoms with Gasteiger partial charge in [-0.3, -0.25) is 14.4 Å². The van der Waals surface area contributed by atoms with Crippen LogP contribution in [-0.4, -0.2) is 76.7 Å². The van der Waals surface area contributed by atoms with Gasteiger partial charge < -0.3 is 20.4 Å². The van der Waals surface area contributed by atoms with Crippen molar-refractivity contribution in [2.24, 2.45) is 10.9 Å². The first-order valence-electron chi connectivity index (χ1n) is 12.8. The second-order valence-corrected chi connectivity index (χ2v) is 11.3. The quantitative estimate of drug-likeness (QED) is 0.598. The van der Waals surface area contributed by atoms with E-state index in [0.29, 0.717) is 17.2 Å². The molecule has 0 radical (unpaired) electrons. The summed E-state index contributed by atoms with van der Waals surface area (Å²) in [6, 6.07) is 7.15. The van der Waals surface area contributed by atoms with Gasteiger partial charge in [0.1, 0.15) is 5.25 Å². The number of amides is 3. The van der Waals surface area contributed by atoms with E-state index < -0.39 is 5.25 Å². The normalized spacial score (nSPS) is 21.8. The Morgan fingerprint density at radius 1 is 1.11 bits per heavy atom. The fraction of sp³-hybridized carbons (Fsp3) is 0.615. The molecule has 3 aliphatic rings. The Bertz CT molecular complexity index is 952. The molecule has 8 nitrogen and oxygen atoms in total. The smallest absolute Gasteiger partial charge is 0.262 e. The fourth-order valence-corrected chi connectivity index (χ4v) is 6.01. The lowest BCUT2D eigenvalue weighted by Gasteiger charge is -2.33. The summed E-state index contributed by atoms with van der Waals surface area (Å²) in [7, 11) is 0. The molecular formula is C26H37N5O3S. The Hall–Kier alpha value is -2.39. The molecule has 1 aromatic carbocycles. The summed E-state index contributed by atoms with van der Waals surface area (Å²) in [5, 5.41) is 6.26. The molecule has 3 amide bonds. The molecule has 3 aliphatic heterocycles. The maximum atomic E-state index is 12.8. The van der Waals surface area contributed by atoms with Crippen molar-refractivity contribution in [2.75, 3.05) is 38.0 Å². The van der Waals surface area contributed by atoms with Gasteiger partial charge in [-0.2, -0.15) is 4.99 Å². The largest absolute Gasteiger partial charge is 0.351 e. The maximum Gasteiger partial charge on any atom is 0.262 e. The molecule has 0 unspecified atom stereocenters. The second kappa shape index (κ2) is 12.0. The van der Waals surface area contributed by atoms with E-state index in [0.717, 1.165) is 63.6 Å². The van der Waals surface area contributed by atoms with E-state index in [1.807, 2.05) is 0 Å². The number of piperidine rings is 2. The third kappa shape index (κ3) is 7.30. The number of carbonyl (C=O) groups excluding carboxylic acids is 3. The first-order chi connectivity index (χ1) is 16.9. The predicted octanol–water partition coefficient (Wildman–Crippen LogP) is 3.35. The highest BCUT2D eigenvalue weighted by molar-refractivity contribution is 8.15. The van der Waals surface area contributed by atoms with Gasteiger partial charge in [0.2, 0.25) is 5.91 Å². The number of rotatable bonds is 7. The summed E-state index contributed by atoms with van der Waals surface area (Å²) in [5.74, 6) is 0.0394. The summed E-state index contributed by atoms with van der Waals surface area (Å²) in [6.45, 7) is 9.39. The molecule has 1 atom stereocenters. The monoisotopic (exact) mass is 499 g/mol. The van der Waals surface area contributed by atoms with Crippen molar-refractivity contribution < 1.29 is 14.4 Å². The maximum absolute atomic E-state index is 12.8. The average molecular weight is 500 g/mol. The first kappa shape index (κ1) is 25.7. The minimum atomic E-state index is -0.486. The zero-order valence-corrected chi connectivity index (χ0v) is 21.6. The molecule has 1 aromatic rings. The molecule has 0 aliphatic carbocycles. The Labute approximate surface area is 212 Å². The minimum Gasteiger partial charge on any atom is -0.351 e. The van der Waals surface area contributed by atoms with Gasteiger partial charge >= 0.3 is 0 Å². The Kier molecular flexibility index (Phi) is 8.83. The molecule has 0 spiro atoms. The number of anilines is 1. The lowest BCUT2D eigenvalue weighted by Crippen LogP contribution is -2.45. The Balaban J connectivity index is 1.25. The lowest BCUT2D eigenvalue weighted by atomic mass is 10.0. The number of hydrogen-bond acceptors (Lipinski definition) is 6. The van der Waals surface area contributed by atoms with Crippen LogP contribution in [0.4, 0.5) is 5.69 Å². The van der Waals surface area contributed by atoms with E-state index in [4.69, 9.17) is 0 Å². The van der Waals surface area contributed by atoms with Crippen molar-refractivity contribution in [3.05, 3.63) is 29.8 Å². The number of likely N-dealkylation sites (tertiary alicyclic amines) is 2. The molecular weight excluding hydrogens is 462 g/mol. The van der Waals surface area contributed by atoms with Gasteiger partial charge in [0.15, 0.2) is 5.17 Å². The Morgan fingerprint density at radius 2 is 1.86 bits per heavy atom. The number of thioether (sulfide) groups is 1. The highest BCUT2D eigenvalue weighted by atomic mass is 32.2. The molecule has 190 valence electrons. The number of hydrogen-bond donors (Lipinski definition) is 2. The van der Waals surface area contributed by atoms with E-state index in [1.54, 1.807) is 24.3 Å². The van der Waals surface area contributed by atoms with Gasteiger partial charge in [-0.15, -0.1) is 0 Å². The van der Waals surface area contributed by atoms with Crippen LogP contribution in [0.2, 0.25) is 0 Å². The molecule has 0 saturated carbocycles. The SMILES string of the molecule is CC(C)CN1CCC(NC(=O)c2cccc(NC(=O)C[C@H]3SC(N4CCCCC4)=NC3=O)c2)CC1. The molecule has 3 heterocycles. The van der Waals surface area contributed by atoms with Gasteiger partial charge in [0.05, 0.1) is 0 Å². The fourth-order valence-electron chi connectivity index (χ4n) is 4.89. The van der Waals surface area contributed by atoms with Gasteiger partial charge in [0, 0.05) is 56.4 Å². The molecule has 35 heavy (non-hydrogen) atoms. The van der Waals surface area contributed by atoms with E-state index in [9.17, 15) is 14.4 Å². The standard InChI is InChI=1S/C26H37N5O3S/c1-18(2)17-30-13-9-20(10-14-30)28-24(33)19-7-6-8-21(15-19)27-23(32)16-22-25(34)29-26(35-22)31-11-4-3-5-12-31/h6-8,15,18,20,22H,3-5,9-14,16-17H2,1-2H3,(H,27,32)(H,28,33)/t22-/m1/s1.